The first-order valence-electron chi connectivity index (χ1n) is 10.6. The number of para-hydroxylation sites is 2. The molecule has 0 bridgehead atoms. The number of aromatic hydroxyl groups is 1. The molecule has 2 amide bonds. The molecule has 0 heterocycles. The van der Waals surface area contributed by atoms with E-state index in [1.54, 1.807) is 68.5 Å². The second-order valence-corrected chi connectivity index (χ2v) is 9.27. The zero-order valence-corrected chi connectivity index (χ0v) is 20.7. The molecule has 0 aromatic heterocycles. The minimum Gasteiger partial charge on any atom is -0.505 e. The Morgan fingerprint density at radius 3 is 2.43 bits per heavy atom. The van der Waals surface area contributed by atoms with Gasteiger partial charge in [0, 0.05) is 15.6 Å². The monoisotopic (exact) mass is 541 g/mol. The van der Waals surface area contributed by atoms with E-state index in [-0.39, 0.29) is 0 Å². The fourth-order valence-electron chi connectivity index (χ4n) is 3.29. The van der Waals surface area contributed by atoms with Crippen molar-refractivity contribution in [1.29, 1.82) is 0 Å². The Bertz CT molecular complexity index is 1250. The van der Waals surface area contributed by atoms with Crippen molar-refractivity contribution in [3.05, 3.63) is 94.7 Å². The maximum atomic E-state index is 14.1. The molecule has 0 aliphatic carbocycles. The molecular formula is C26H25BrFN3O4. The van der Waals surface area contributed by atoms with Crippen molar-refractivity contribution in [3.8, 4) is 5.75 Å². The van der Waals surface area contributed by atoms with E-state index in [4.69, 9.17) is 10.5 Å². The Hall–Kier alpha value is -3.85. The molecule has 3 aromatic rings. The predicted molar refractivity (Wildman–Crippen MR) is 137 cm³/mol. The minimum atomic E-state index is -1.00. The number of phenolic OH excluding ortho intramolecular Hbond substituents is 1. The highest BCUT2D eigenvalue weighted by Gasteiger charge is 2.33. The molecule has 3 aromatic carbocycles. The number of nitrogens with one attached hydrogen (secondary N) is 2. The molecule has 5 N–H and O–H groups in total. The van der Waals surface area contributed by atoms with Crippen molar-refractivity contribution >= 4 is 45.0 Å². The predicted octanol–water partition coefficient (Wildman–Crippen LogP) is 6.39. The lowest BCUT2D eigenvalue weighted by molar-refractivity contribution is -0.112. The third kappa shape index (κ3) is 7.07. The topological polar surface area (TPSA) is 114 Å². The number of rotatable bonds is 7. The van der Waals surface area contributed by atoms with E-state index in [2.05, 4.69) is 26.6 Å². The average Bonchev–Trinajstić information content (AvgIpc) is 2.81. The lowest BCUT2D eigenvalue weighted by atomic mass is 9.82. The molecule has 0 spiro atoms. The summed E-state index contributed by atoms with van der Waals surface area (Å²) in [7, 11) is 0. The van der Waals surface area contributed by atoms with Crippen LogP contribution in [0.5, 0.6) is 5.75 Å². The SMILES string of the molecule is CC(C)(/C=C/C(=O)Nc1ccccc1N)[C@@H](OC(=O)Nc1ccc(Br)cc1)c1ccc(O)c(F)c1. The van der Waals surface area contributed by atoms with Gasteiger partial charge >= 0.3 is 6.09 Å². The van der Waals surface area contributed by atoms with Gasteiger partial charge in [0.15, 0.2) is 11.6 Å². The third-order valence-electron chi connectivity index (χ3n) is 5.15. The van der Waals surface area contributed by atoms with Crippen molar-refractivity contribution in [1.82, 2.24) is 0 Å². The molecule has 0 unspecified atom stereocenters. The summed E-state index contributed by atoms with van der Waals surface area (Å²) < 4.78 is 20.7. The van der Waals surface area contributed by atoms with E-state index in [1.165, 1.54) is 18.2 Å². The molecule has 0 saturated carbocycles. The number of ether oxygens (including phenoxy) is 1. The zero-order valence-electron chi connectivity index (χ0n) is 19.1. The highest BCUT2D eigenvalue weighted by molar-refractivity contribution is 9.10. The molecule has 182 valence electrons. The second kappa shape index (κ2) is 11.1. The second-order valence-electron chi connectivity index (χ2n) is 8.36. The number of amides is 2. The molecule has 0 fully saturated rings. The largest absolute Gasteiger partial charge is 0.505 e. The van der Waals surface area contributed by atoms with Crippen molar-refractivity contribution in [2.45, 2.75) is 20.0 Å². The number of nitrogen functional groups attached to an aromatic ring is 1. The average molecular weight is 542 g/mol. The van der Waals surface area contributed by atoms with Gasteiger partial charge in [-0.3, -0.25) is 10.1 Å². The van der Waals surface area contributed by atoms with Gasteiger partial charge in [0.25, 0.3) is 0 Å². The third-order valence-corrected chi connectivity index (χ3v) is 5.68. The van der Waals surface area contributed by atoms with Gasteiger partial charge in [0.2, 0.25) is 5.91 Å². The van der Waals surface area contributed by atoms with Gasteiger partial charge in [0.1, 0.15) is 6.10 Å². The molecule has 35 heavy (non-hydrogen) atoms. The molecular weight excluding hydrogens is 517 g/mol. The maximum absolute atomic E-state index is 14.1. The number of halogens is 2. The number of nitrogens with two attached hydrogens (primary N) is 1. The Kier molecular flexibility index (Phi) is 8.14. The Labute approximate surface area is 210 Å². The highest BCUT2D eigenvalue weighted by atomic mass is 79.9. The summed E-state index contributed by atoms with van der Waals surface area (Å²) in [6, 6.07) is 17.4. The van der Waals surface area contributed by atoms with Crippen LogP contribution in [-0.4, -0.2) is 17.1 Å². The van der Waals surface area contributed by atoms with Crippen molar-refractivity contribution in [3.63, 3.8) is 0 Å². The summed E-state index contributed by atoms with van der Waals surface area (Å²) in [5, 5.41) is 14.9. The zero-order chi connectivity index (χ0) is 25.6. The summed E-state index contributed by atoms with van der Waals surface area (Å²) in [4.78, 5) is 25.2. The fraction of sp³-hybridized carbons (Fsp3) is 0.154. The van der Waals surface area contributed by atoms with Gasteiger partial charge in [-0.2, -0.15) is 0 Å². The number of hydrogen-bond acceptors (Lipinski definition) is 5. The summed E-state index contributed by atoms with van der Waals surface area (Å²) in [6.07, 6.45) is 1.09. The lowest BCUT2D eigenvalue weighted by Gasteiger charge is -2.31. The van der Waals surface area contributed by atoms with Crippen LogP contribution in [0.15, 0.2) is 83.4 Å². The maximum Gasteiger partial charge on any atom is 0.412 e. The molecule has 0 aliphatic rings. The van der Waals surface area contributed by atoms with Crippen molar-refractivity contribution in [2.24, 2.45) is 5.41 Å². The first-order valence-corrected chi connectivity index (χ1v) is 11.4. The van der Waals surface area contributed by atoms with Crippen molar-refractivity contribution < 1.29 is 23.8 Å². The number of carbonyl (C=O) groups is 2. The van der Waals surface area contributed by atoms with Crippen LogP contribution >= 0.6 is 15.9 Å². The number of hydrogen-bond donors (Lipinski definition) is 4. The lowest BCUT2D eigenvalue weighted by Crippen LogP contribution is -2.28. The van der Waals surface area contributed by atoms with E-state index in [0.29, 0.717) is 22.6 Å². The highest BCUT2D eigenvalue weighted by Crippen LogP contribution is 2.39. The standard InChI is InChI=1S/C26H25BrFN3O4/c1-26(2,14-13-23(33)31-21-6-4-3-5-20(21)29)24(16-7-12-22(32)19(28)15-16)35-25(34)30-18-10-8-17(27)9-11-18/h3-15,24,32H,29H2,1-2H3,(H,30,34)(H,31,33)/b14-13+/t24-/m0/s1. The molecule has 1 atom stereocenters. The molecule has 0 saturated heterocycles. The fourth-order valence-corrected chi connectivity index (χ4v) is 3.55. The molecule has 0 radical (unpaired) electrons. The van der Waals surface area contributed by atoms with E-state index >= 15 is 0 Å². The number of benzene rings is 3. The van der Waals surface area contributed by atoms with E-state index < -0.39 is 35.1 Å². The van der Waals surface area contributed by atoms with E-state index in [1.807, 2.05) is 0 Å². The Morgan fingerprint density at radius 1 is 1.09 bits per heavy atom. The summed E-state index contributed by atoms with van der Waals surface area (Å²) in [5.74, 6) is -1.83. The van der Waals surface area contributed by atoms with Gasteiger partial charge in [-0.05, 0) is 60.2 Å². The van der Waals surface area contributed by atoms with Crippen LogP contribution in [-0.2, 0) is 9.53 Å². The molecule has 0 aliphatic heterocycles. The van der Waals surface area contributed by atoms with Crippen LogP contribution in [0.1, 0.15) is 25.5 Å². The number of carbonyl (C=O) groups excluding carboxylic acids is 2. The van der Waals surface area contributed by atoms with Crippen LogP contribution in [0.3, 0.4) is 0 Å². The van der Waals surface area contributed by atoms with Crippen LogP contribution in [0.4, 0.5) is 26.2 Å². The van der Waals surface area contributed by atoms with Gasteiger partial charge in [0.05, 0.1) is 11.4 Å². The van der Waals surface area contributed by atoms with Gasteiger partial charge in [-0.15, -0.1) is 0 Å². The van der Waals surface area contributed by atoms with E-state index in [9.17, 15) is 19.1 Å². The van der Waals surface area contributed by atoms with Crippen LogP contribution in [0.2, 0.25) is 0 Å². The minimum absolute atomic E-state index is 0.300. The van der Waals surface area contributed by atoms with Gasteiger partial charge in [-0.1, -0.05) is 54.1 Å². The quantitative estimate of drug-likeness (QED) is 0.204. The van der Waals surface area contributed by atoms with E-state index in [0.717, 1.165) is 10.5 Å². The number of phenols is 1. The Morgan fingerprint density at radius 2 is 1.77 bits per heavy atom. The molecule has 9 heteroatoms. The molecule has 7 nitrogen and oxygen atoms in total. The summed E-state index contributed by atoms with van der Waals surface area (Å²) in [6.45, 7) is 3.46. The smallest absolute Gasteiger partial charge is 0.412 e. The summed E-state index contributed by atoms with van der Waals surface area (Å²) >= 11 is 3.33. The Balaban J connectivity index is 1.83. The van der Waals surface area contributed by atoms with Crippen molar-refractivity contribution in [2.75, 3.05) is 16.4 Å². The van der Waals surface area contributed by atoms with Gasteiger partial charge in [-0.25, -0.2) is 9.18 Å². The summed E-state index contributed by atoms with van der Waals surface area (Å²) in [5.41, 5.74) is 6.59. The van der Waals surface area contributed by atoms with Crippen LogP contribution in [0.25, 0.3) is 0 Å². The number of anilines is 3. The molecule has 3 rings (SSSR count). The normalized spacial score (nSPS) is 12.2. The first kappa shape index (κ1) is 25.8. The van der Waals surface area contributed by atoms with Gasteiger partial charge < -0.3 is 20.9 Å². The van der Waals surface area contributed by atoms with Crippen LogP contribution < -0.4 is 16.4 Å². The van der Waals surface area contributed by atoms with Crippen LogP contribution in [0, 0.1) is 11.2 Å². The first-order chi connectivity index (χ1) is 16.5.